The lowest BCUT2D eigenvalue weighted by Crippen LogP contribution is -2.50. The molecular weight excluding hydrogens is 244 g/mol. The van der Waals surface area contributed by atoms with Gasteiger partial charge in [0, 0.05) is 25.6 Å². The summed E-state index contributed by atoms with van der Waals surface area (Å²) in [5, 5.41) is 9.08. The molecule has 0 spiro atoms. The van der Waals surface area contributed by atoms with Gasteiger partial charge in [0.05, 0.1) is 13.2 Å². The molecule has 0 aromatic heterocycles. The van der Waals surface area contributed by atoms with Gasteiger partial charge in [-0.2, -0.15) is 0 Å². The summed E-state index contributed by atoms with van der Waals surface area (Å²) in [4.78, 5) is 27.7. The number of aliphatic hydroxyl groups excluding tert-OH is 1. The van der Waals surface area contributed by atoms with Crippen molar-refractivity contribution in [2.75, 3.05) is 26.2 Å². The molecular formula is C14H24N2O3. The number of likely N-dealkylation sites (tertiary alicyclic amines) is 1. The van der Waals surface area contributed by atoms with Crippen LogP contribution in [0.1, 0.15) is 44.9 Å². The fourth-order valence-electron chi connectivity index (χ4n) is 2.78. The average molecular weight is 268 g/mol. The molecule has 1 N–H and O–H groups in total. The number of hydrogen-bond donors (Lipinski definition) is 1. The molecule has 19 heavy (non-hydrogen) atoms. The van der Waals surface area contributed by atoms with Crippen molar-refractivity contribution in [3.63, 3.8) is 0 Å². The van der Waals surface area contributed by atoms with Crippen LogP contribution in [0.25, 0.3) is 0 Å². The highest BCUT2D eigenvalue weighted by Crippen LogP contribution is 2.25. The van der Waals surface area contributed by atoms with Gasteiger partial charge in [-0.3, -0.25) is 9.59 Å². The third-order valence-electron chi connectivity index (χ3n) is 4.17. The summed E-state index contributed by atoms with van der Waals surface area (Å²) in [5.41, 5.74) is 0. The molecule has 2 rings (SSSR count). The average Bonchev–Trinajstić information content (AvgIpc) is 2.52. The lowest BCUT2D eigenvalue weighted by Gasteiger charge is -2.38. The van der Waals surface area contributed by atoms with E-state index in [2.05, 4.69) is 0 Å². The van der Waals surface area contributed by atoms with Gasteiger partial charge in [0.2, 0.25) is 11.8 Å². The molecule has 0 radical (unpaired) electrons. The summed E-state index contributed by atoms with van der Waals surface area (Å²) < 4.78 is 0. The molecule has 0 aromatic carbocycles. The Kier molecular flexibility index (Phi) is 5.19. The molecule has 0 bridgehead atoms. The second-order valence-electron chi connectivity index (χ2n) is 5.52. The Hall–Kier alpha value is -1.10. The summed E-state index contributed by atoms with van der Waals surface area (Å²) >= 11 is 0. The molecule has 0 aromatic rings. The van der Waals surface area contributed by atoms with Crippen molar-refractivity contribution in [1.82, 2.24) is 9.80 Å². The molecule has 5 nitrogen and oxygen atoms in total. The first kappa shape index (κ1) is 14.3. The summed E-state index contributed by atoms with van der Waals surface area (Å²) in [6, 6.07) is 0.279. The van der Waals surface area contributed by atoms with Gasteiger partial charge in [-0.05, 0) is 32.1 Å². The van der Waals surface area contributed by atoms with Gasteiger partial charge < -0.3 is 14.9 Å². The number of aliphatic hydroxyl groups is 1. The van der Waals surface area contributed by atoms with E-state index in [1.54, 1.807) is 9.80 Å². The first-order chi connectivity index (χ1) is 9.22. The summed E-state index contributed by atoms with van der Waals surface area (Å²) in [6.07, 6.45) is 6.77. The fraction of sp³-hybridized carbons (Fsp3) is 0.857. The van der Waals surface area contributed by atoms with Crippen molar-refractivity contribution >= 4 is 11.8 Å². The van der Waals surface area contributed by atoms with E-state index in [0.717, 1.165) is 38.5 Å². The van der Waals surface area contributed by atoms with Crippen molar-refractivity contribution in [3.8, 4) is 0 Å². The maximum Gasteiger partial charge on any atom is 0.242 e. The fourth-order valence-corrected chi connectivity index (χ4v) is 2.78. The summed E-state index contributed by atoms with van der Waals surface area (Å²) in [6.45, 7) is 1.28. The molecule has 5 heteroatoms. The van der Waals surface area contributed by atoms with Crippen LogP contribution in [0.15, 0.2) is 0 Å². The summed E-state index contributed by atoms with van der Waals surface area (Å²) in [7, 11) is 0. The zero-order valence-corrected chi connectivity index (χ0v) is 11.5. The minimum atomic E-state index is -0.00556. The predicted octanol–water partition coefficient (Wildman–Crippen LogP) is 0.762. The number of carbonyl (C=O) groups excluding carboxylic acids is 2. The third kappa shape index (κ3) is 3.69. The van der Waals surface area contributed by atoms with Gasteiger partial charge in [0.15, 0.2) is 0 Å². The zero-order valence-electron chi connectivity index (χ0n) is 11.5. The zero-order chi connectivity index (χ0) is 13.7. The molecule has 2 fully saturated rings. The molecule has 108 valence electrons. The second kappa shape index (κ2) is 6.89. The predicted molar refractivity (Wildman–Crippen MR) is 71.5 cm³/mol. The van der Waals surface area contributed by atoms with Crippen molar-refractivity contribution in [2.24, 2.45) is 0 Å². The Morgan fingerprint density at radius 2 is 2.05 bits per heavy atom. The van der Waals surface area contributed by atoms with Crippen molar-refractivity contribution in [1.29, 1.82) is 0 Å². The minimum absolute atomic E-state index is 0.00378. The number of nitrogens with zero attached hydrogens (tertiary/aromatic N) is 2. The Bertz CT molecular complexity index is 329. The van der Waals surface area contributed by atoms with Gasteiger partial charge in [-0.25, -0.2) is 0 Å². The van der Waals surface area contributed by atoms with E-state index in [-0.39, 0.29) is 31.0 Å². The SMILES string of the molecule is O=C1CCCCCN1CC(=O)N(CCO)C1CCC1. The summed E-state index contributed by atoms with van der Waals surface area (Å²) in [5.74, 6) is 0.0948. The largest absolute Gasteiger partial charge is 0.395 e. The normalized spacial score (nSPS) is 20.9. The Morgan fingerprint density at radius 1 is 1.26 bits per heavy atom. The van der Waals surface area contributed by atoms with Crippen LogP contribution in [0.3, 0.4) is 0 Å². The highest BCUT2D eigenvalue weighted by molar-refractivity contribution is 5.85. The van der Waals surface area contributed by atoms with Crippen LogP contribution in [0.4, 0.5) is 0 Å². The maximum absolute atomic E-state index is 12.3. The van der Waals surface area contributed by atoms with Gasteiger partial charge in [0.25, 0.3) is 0 Å². The van der Waals surface area contributed by atoms with Crippen molar-refractivity contribution in [2.45, 2.75) is 51.0 Å². The number of carbonyl (C=O) groups is 2. The lowest BCUT2D eigenvalue weighted by atomic mass is 9.91. The van der Waals surface area contributed by atoms with Gasteiger partial charge in [0.1, 0.15) is 0 Å². The van der Waals surface area contributed by atoms with Crippen LogP contribution >= 0.6 is 0 Å². The standard InChI is InChI=1S/C14H24N2O3/c17-10-9-16(12-5-4-6-12)14(19)11-15-8-3-1-2-7-13(15)18/h12,17H,1-11H2. The highest BCUT2D eigenvalue weighted by atomic mass is 16.3. The molecule has 2 aliphatic rings. The molecule has 1 saturated heterocycles. The smallest absolute Gasteiger partial charge is 0.242 e. The number of rotatable bonds is 5. The van der Waals surface area contributed by atoms with E-state index in [0.29, 0.717) is 19.5 Å². The van der Waals surface area contributed by atoms with Gasteiger partial charge in [-0.1, -0.05) is 6.42 Å². The Balaban J connectivity index is 1.91. The van der Waals surface area contributed by atoms with Gasteiger partial charge in [-0.15, -0.1) is 0 Å². The maximum atomic E-state index is 12.3. The first-order valence-corrected chi connectivity index (χ1v) is 7.40. The van der Waals surface area contributed by atoms with E-state index >= 15 is 0 Å². The van der Waals surface area contributed by atoms with E-state index in [4.69, 9.17) is 5.11 Å². The molecule has 1 saturated carbocycles. The molecule has 2 amide bonds. The first-order valence-electron chi connectivity index (χ1n) is 7.40. The molecule has 1 heterocycles. The van der Waals surface area contributed by atoms with Crippen LogP contribution < -0.4 is 0 Å². The van der Waals surface area contributed by atoms with Crippen LogP contribution in [-0.4, -0.2) is 59.0 Å². The topological polar surface area (TPSA) is 60.9 Å². The Morgan fingerprint density at radius 3 is 2.68 bits per heavy atom. The van der Waals surface area contributed by atoms with E-state index in [1.165, 1.54) is 0 Å². The minimum Gasteiger partial charge on any atom is -0.395 e. The van der Waals surface area contributed by atoms with Crippen LogP contribution in [0.2, 0.25) is 0 Å². The molecule has 0 unspecified atom stereocenters. The van der Waals surface area contributed by atoms with E-state index in [9.17, 15) is 9.59 Å². The van der Waals surface area contributed by atoms with Crippen LogP contribution in [-0.2, 0) is 9.59 Å². The molecule has 1 aliphatic carbocycles. The quantitative estimate of drug-likeness (QED) is 0.801. The molecule has 0 atom stereocenters. The third-order valence-corrected chi connectivity index (χ3v) is 4.17. The lowest BCUT2D eigenvalue weighted by molar-refractivity contribution is -0.143. The van der Waals surface area contributed by atoms with Gasteiger partial charge >= 0.3 is 0 Å². The second-order valence-corrected chi connectivity index (χ2v) is 5.52. The number of hydrogen-bond acceptors (Lipinski definition) is 3. The Labute approximate surface area is 114 Å². The van der Waals surface area contributed by atoms with Crippen molar-refractivity contribution in [3.05, 3.63) is 0 Å². The van der Waals surface area contributed by atoms with Crippen LogP contribution in [0.5, 0.6) is 0 Å². The van der Waals surface area contributed by atoms with E-state index < -0.39 is 0 Å². The molecule has 1 aliphatic heterocycles. The van der Waals surface area contributed by atoms with Crippen LogP contribution in [0, 0.1) is 0 Å². The monoisotopic (exact) mass is 268 g/mol. The number of amides is 2. The van der Waals surface area contributed by atoms with E-state index in [1.807, 2.05) is 0 Å². The highest BCUT2D eigenvalue weighted by Gasteiger charge is 2.30. The van der Waals surface area contributed by atoms with Crippen molar-refractivity contribution < 1.29 is 14.7 Å².